The average molecular weight is 657 g/mol. The van der Waals surface area contributed by atoms with Gasteiger partial charge in [0.05, 0.1) is 11.2 Å². The van der Waals surface area contributed by atoms with Crippen LogP contribution in [0.15, 0.2) is 194 Å². The molecule has 6 nitrogen and oxygen atoms in total. The minimum Gasteiger partial charge on any atom is -0.310 e. The second-order valence-electron chi connectivity index (χ2n) is 12.2. The highest BCUT2D eigenvalue weighted by Gasteiger charge is 2.23. The third-order valence-electron chi connectivity index (χ3n) is 9.00. The molecule has 3 aromatic heterocycles. The van der Waals surface area contributed by atoms with Gasteiger partial charge in [0.2, 0.25) is 0 Å². The maximum Gasteiger partial charge on any atom is 0.165 e. The molecule has 0 saturated heterocycles. The monoisotopic (exact) mass is 656 g/mol. The van der Waals surface area contributed by atoms with E-state index in [9.17, 15) is 0 Å². The van der Waals surface area contributed by atoms with Crippen molar-refractivity contribution in [3.63, 3.8) is 0 Å². The minimum absolute atomic E-state index is 0.767. The molecular weight excluding hydrogens is 625 g/mol. The first-order chi connectivity index (χ1) is 25.3. The number of aromatic nitrogens is 4. The third-order valence-corrected chi connectivity index (χ3v) is 9.00. The summed E-state index contributed by atoms with van der Waals surface area (Å²) in [5.74, 6) is 0.770. The van der Waals surface area contributed by atoms with E-state index < -0.39 is 0 Å². The molecule has 242 valence electrons. The summed E-state index contributed by atoms with van der Waals surface area (Å²) in [5.41, 5.74) is 10.5. The Bertz CT molecular complexity index is 2400. The SMILES string of the molecule is c1ccc(N(c2ccccc2)c2cc(-c3nc4cccnc4n3-c3cccc4cccnc34)cc(N(c3ccccc3)c3ccccc3)c2)cc1. The lowest BCUT2D eigenvalue weighted by Crippen LogP contribution is -2.14. The topological polar surface area (TPSA) is 50.1 Å². The first kappa shape index (κ1) is 30.0. The van der Waals surface area contributed by atoms with Crippen LogP contribution in [0, 0.1) is 0 Å². The highest BCUT2D eigenvalue weighted by molar-refractivity contribution is 5.92. The predicted octanol–water partition coefficient (Wildman–Crippen LogP) is 11.6. The van der Waals surface area contributed by atoms with Gasteiger partial charge in [0.25, 0.3) is 0 Å². The first-order valence-electron chi connectivity index (χ1n) is 17.0. The van der Waals surface area contributed by atoms with Crippen molar-refractivity contribution in [2.45, 2.75) is 0 Å². The van der Waals surface area contributed by atoms with Crippen molar-refractivity contribution in [1.82, 2.24) is 19.5 Å². The Morgan fingerprint density at radius 2 is 0.902 bits per heavy atom. The van der Waals surface area contributed by atoms with Crippen LogP contribution in [0.25, 0.3) is 39.1 Å². The number of imidazole rings is 1. The maximum absolute atomic E-state index is 5.29. The highest BCUT2D eigenvalue weighted by Crippen LogP contribution is 2.43. The normalized spacial score (nSPS) is 11.1. The Morgan fingerprint density at radius 1 is 0.412 bits per heavy atom. The van der Waals surface area contributed by atoms with Crippen LogP contribution in [0.2, 0.25) is 0 Å². The molecule has 0 radical (unpaired) electrons. The fourth-order valence-electron chi connectivity index (χ4n) is 6.79. The molecule has 0 spiro atoms. The van der Waals surface area contributed by atoms with E-state index in [0.717, 1.165) is 73.3 Å². The van der Waals surface area contributed by atoms with Gasteiger partial charge in [-0.25, -0.2) is 9.97 Å². The molecule has 6 aromatic carbocycles. The van der Waals surface area contributed by atoms with E-state index in [-0.39, 0.29) is 0 Å². The van der Waals surface area contributed by atoms with Crippen molar-refractivity contribution in [3.8, 4) is 17.1 Å². The van der Waals surface area contributed by atoms with Gasteiger partial charge in [-0.15, -0.1) is 0 Å². The molecule has 9 rings (SSSR count). The van der Waals surface area contributed by atoms with E-state index in [4.69, 9.17) is 15.0 Å². The summed E-state index contributed by atoms with van der Waals surface area (Å²) in [5, 5.41) is 1.05. The molecule has 51 heavy (non-hydrogen) atoms. The van der Waals surface area contributed by atoms with Gasteiger partial charge < -0.3 is 9.80 Å². The summed E-state index contributed by atoms with van der Waals surface area (Å²) in [4.78, 5) is 19.6. The number of hydrogen-bond acceptors (Lipinski definition) is 5. The lowest BCUT2D eigenvalue weighted by atomic mass is 10.1. The van der Waals surface area contributed by atoms with Crippen molar-refractivity contribution < 1.29 is 0 Å². The van der Waals surface area contributed by atoms with Crippen LogP contribution in [0.5, 0.6) is 0 Å². The fraction of sp³-hybridized carbons (Fsp3) is 0. The summed E-state index contributed by atoms with van der Waals surface area (Å²) in [6.45, 7) is 0. The number of anilines is 6. The molecular formula is C45H32N6. The summed E-state index contributed by atoms with van der Waals surface area (Å²) in [6, 6.07) is 63.0. The van der Waals surface area contributed by atoms with Crippen LogP contribution in [-0.4, -0.2) is 19.5 Å². The van der Waals surface area contributed by atoms with Crippen LogP contribution in [0.1, 0.15) is 0 Å². The van der Waals surface area contributed by atoms with E-state index in [1.807, 2.05) is 30.6 Å². The first-order valence-corrected chi connectivity index (χ1v) is 17.0. The van der Waals surface area contributed by atoms with E-state index in [0.29, 0.717) is 0 Å². The number of para-hydroxylation sites is 5. The van der Waals surface area contributed by atoms with Crippen molar-refractivity contribution in [3.05, 3.63) is 194 Å². The van der Waals surface area contributed by atoms with E-state index >= 15 is 0 Å². The van der Waals surface area contributed by atoms with Crippen LogP contribution >= 0.6 is 0 Å². The van der Waals surface area contributed by atoms with E-state index in [1.165, 1.54) is 0 Å². The van der Waals surface area contributed by atoms with Crippen LogP contribution < -0.4 is 9.80 Å². The predicted molar refractivity (Wildman–Crippen MR) is 209 cm³/mol. The number of fused-ring (bicyclic) bond motifs is 2. The Balaban J connectivity index is 1.37. The highest BCUT2D eigenvalue weighted by atomic mass is 15.2. The van der Waals surface area contributed by atoms with Gasteiger partial charge in [-0.2, -0.15) is 0 Å². The maximum atomic E-state index is 5.29. The molecule has 0 aliphatic rings. The van der Waals surface area contributed by atoms with Crippen LogP contribution in [-0.2, 0) is 0 Å². The van der Waals surface area contributed by atoms with E-state index in [1.54, 1.807) is 0 Å². The largest absolute Gasteiger partial charge is 0.310 e. The Kier molecular flexibility index (Phi) is 7.72. The summed E-state index contributed by atoms with van der Waals surface area (Å²) in [7, 11) is 0. The van der Waals surface area contributed by atoms with Crippen molar-refractivity contribution in [2.75, 3.05) is 9.80 Å². The van der Waals surface area contributed by atoms with Crippen molar-refractivity contribution in [1.29, 1.82) is 0 Å². The number of rotatable bonds is 8. The number of hydrogen-bond donors (Lipinski definition) is 0. The van der Waals surface area contributed by atoms with Gasteiger partial charge in [0, 0.05) is 57.5 Å². The molecule has 6 heteroatoms. The van der Waals surface area contributed by atoms with Gasteiger partial charge in [0.15, 0.2) is 5.65 Å². The zero-order valence-electron chi connectivity index (χ0n) is 27.7. The molecule has 9 aromatic rings. The molecule has 0 aliphatic heterocycles. The zero-order chi connectivity index (χ0) is 34.0. The van der Waals surface area contributed by atoms with Crippen molar-refractivity contribution in [2.24, 2.45) is 0 Å². The molecule has 3 heterocycles. The average Bonchev–Trinajstić information content (AvgIpc) is 3.59. The summed E-state index contributed by atoms with van der Waals surface area (Å²) in [6.07, 6.45) is 3.66. The molecule has 0 amide bonds. The zero-order valence-corrected chi connectivity index (χ0v) is 27.7. The van der Waals surface area contributed by atoms with Gasteiger partial charge in [-0.05, 0) is 91.0 Å². The number of pyridine rings is 2. The Labute approximate surface area is 296 Å². The molecule has 0 bridgehead atoms. The van der Waals surface area contributed by atoms with Gasteiger partial charge in [-0.3, -0.25) is 9.55 Å². The number of nitrogens with zero attached hydrogens (tertiary/aromatic N) is 6. The second-order valence-corrected chi connectivity index (χ2v) is 12.2. The van der Waals surface area contributed by atoms with E-state index in [2.05, 4.69) is 178 Å². The second kappa shape index (κ2) is 13.1. The fourth-order valence-corrected chi connectivity index (χ4v) is 6.79. The van der Waals surface area contributed by atoms with Gasteiger partial charge in [-0.1, -0.05) is 91.0 Å². The lowest BCUT2D eigenvalue weighted by Gasteiger charge is -2.30. The Hall–Kier alpha value is -7.05. The smallest absolute Gasteiger partial charge is 0.165 e. The molecule has 0 N–H and O–H groups in total. The van der Waals surface area contributed by atoms with Crippen LogP contribution in [0.4, 0.5) is 34.1 Å². The summed E-state index contributed by atoms with van der Waals surface area (Å²) < 4.78 is 2.15. The van der Waals surface area contributed by atoms with Crippen molar-refractivity contribution >= 4 is 56.2 Å². The summed E-state index contributed by atoms with van der Waals surface area (Å²) >= 11 is 0. The molecule has 0 unspecified atom stereocenters. The Morgan fingerprint density at radius 3 is 1.45 bits per heavy atom. The molecule has 0 aliphatic carbocycles. The standard InChI is InChI=1S/C45H32N6/c1-5-18-35(19-6-1)49(36-20-7-2-8-21-36)39-30-34(31-40(32-39)50(37-22-9-3-10-23-37)38-24-11-4-12-25-38)44-48-41-26-15-29-47-45(41)51(44)42-27-13-16-33-17-14-28-46-43(33)42/h1-32H. The third kappa shape index (κ3) is 5.65. The number of benzene rings is 6. The quantitative estimate of drug-likeness (QED) is 0.163. The minimum atomic E-state index is 0.767. The molecule has 0 atom stereocenters. The molecule has 0 saturated carbocycles. The molecule has 0 fully saturated rings. The van der Waals surface area contributed by atoms with Crippen LogP contribution in [0.3, 0.4) is 0 Å². The van der Waals surface area contributed by atoms with Gasteiger partial charge in [0.1, 0.15) is 11.3 Å². The van der Waals surface area contributed by atoms with Gasteiger partial charge >= 0.3 is 0 Å². The lowest BCUT2D eigenvalue weighted by molar-refractivity contribution is 1.08.